The Bertz CT molecular complexity index is 1010. The van der Waals surface area contributed by atoms with Gasteiger partial charge in [0.25, 0.3) is 5.91 Å². The smallest absolute Gasteiger partial charge is 0.328 e. The summed E-state index contributed by atoms with van der Waals surface area (Å²) in [4.78, 5) is 29.8. The number of carbonyl (C=O) groups is 2. The van der Waals surface area contributed by atoms with Gasteiger partial charge in [0, 0.05) is 24.5 Å². The lowest BCUT2D eigenvalue weighted by molar-refractivity contribution is -0.144. The summed E-state index contributed by atoms with van der Waals surface area (Å²) in [5.74, 6) is -1.31. The molecule has 6 nitrogen and oxygen atoms in total. The van der Waals surface area contributed by atoms with Crippen molar-refractivity contribution in [1.29, 1.82) is 0 Å². The maximum atomic E-state index is 13.7. The van der Waals surface area contributed by atoms with Gasteiger partial charge in [0.15, 0.2) is 0 Å². The van der Waals surface area contributed by atoms with Crippen LogP contribution in [0.5, 0.6) is 0 Å². The second-order valence-electron chi connectivity index (χ2n) is 7.76. The molecule has 1 atom stereocenters. The molecule has 0 spiro atoms. The Morgan fingerprint density at radius 2 is 1.61 bits per heavy atom. The molecule has 6 heteroatoms. The van der Waals surface area contributed by atoms with Crippen LogP contribution in [-0.2, 0) is 11.3 Å². The highest BCUT2D eigenvalue weighted by Crippen LogP contribution is 2.25. The Morgan fingerprint density at radius 1 is 0.968 bits per heavy atom. The zero-order chi connectivity index (χ0) is 22.2. The number of benzene rings is 2. The molecular weight excluding hydrogens is 390 g/mol. The van der Waals surface area contributed by atoms with Crippen molar-refractivity contribution < 1.29 is 14.7 Å². The number of amides is 1. The van der Waals surface area contributed by atoms with Crippen LogP contribution < -0.4 is 5.43 Å². The quantitative estimate of drug-likeness (QED) is 0.505. The number of carboxylic acid groups (broad SMARTS) is 1. The van der Waals surface area contributed by atoms with Gasteiger partial charge < -0.3 is 5.11 Å². The van der Waals surface area contributed by atoms with E-state index in [1.807, 2.05) is 68.4 Å². The van der Waals surface area contributed by atoms with E-state index in [9.17, 15) is 14.7 Å². The highest BCUT2D eigenvalue weighted by Gasteiger charge is 2.32. The zero-order valence-electron chi connectivity index (χ0n) is 17.7. The summed E-state index contributed by atoms with van der Waals surface area (Å²) in [5, 5.41) is 11.2. The van der Waals surface area contributed by atoms with Gasteiger partial charge in [-0.05, 0) is 47.2 Å². The molecule has 0 aliphatic carbocycles. The minimum atomic E-state index is -1.04. The van der Waals surface area contributed by atoms with Crippen molar-refractivity contribution in [3.63, 3.8) is 0 Å². The topological polar surface area (TPSA) is 82.5 Å². The first-order valence-corrected chi connectivity index (χ1v) is 10.3. The Labute approximate surface area is 182 Å². The van der Waals surface area contributed by atoms with Crippen molar-refractivity contribution in [1.82, 2.24) is 15.4 Å². The van der Waals surface area contributed by atoms with Crippen molar-refractivity contribution in [2.45, 2.75) is 32.9 Å². The predicted octanol–water partition coefficient (Wildman–Crippen LogP) is 4.39. The molecule has 160 valence electrons. The van der Waals surface area contributed by atoms with Gasteiger partial charge in [-0.25, -0.2) is 10.2 Å². The first kappa shape index (κ1) is 22.2. The Kier molecular flexibility index (Phi) is 7.51. The second kappa shape index (κ2) is 10.5. The van der Waals surface area contributed by atoms with E-state index in [4.69, 9.17) is 0 Å². The molecule has 0 fully saturated rings. The summed E-state index contributed by atoms with van der Waals surface area (Å²) >= 11 is 0. The largest absolute Gasteiger partial charge is 0.480 e. The number of aliphatic carboxylic acids is 1. The van der Waals surface area contributed by atoms with Crippen LogP contribution in [0.2, 0.25) is 0 Å². The van der Waals surface area contributed by atoms with Gasteiger partial charge in [-0.15, -0.1) is 0 Å². The molecule has 0 aliphatic rings. The van der Waals surface area contributed by atoms with E-state index in [0.29, 0.717) is 18.5 Å². The molecule has 3 aromatic rings. The summed E-state index contributed by atoms with van der Waals surface area (Å²) in [6, 6.07) is 19.5. The van der Waals surface area contributed by atoms with Crippen LogP contribution in [0.3, 0.4) is 0 Å². The first-order valence-electron chi connectivity index (χ1n) is 10.3. The molecule has 0 aliphatic heterocycles. The van der Waals surface area contributed by atoms with E-state index in [1.54, 1.807) is 24.5 Å². The number of nitrogens with one attached hydrogen (secondary N) is 1. The molecule has 31 heavy (non-hydrogen) atoms. The average Bonchev–Trinajstić information content (AvgIpc) is 2.79. The Hall–Kier alpha value is -3.51. The van der Waals surface area contributed by atoms with Gasteiger partial charge in [0.1, 0.15) is 6.04 Å². The third-order valence-corrected chi connectivity index (χ3v) is 4.96. The number of carboxylic acids is 1. The highest BCUT2D eigenvalue weighted by atomic mass is 16.4. The van der Waals surface area contributed by atoms with Crippen LogP contribution in [0, 0.1) is 5.92 Å². The molecule has 1 aromatic heterocycles. The van der Waals surface area contributed by atoms with Crippen molar-refractivity contribution in [3.05, 3.63) is 90.3 Å². The van der Waals surface area contributed by atoms with Crippen molar-refractivity contribution in [2.75, 3.05) is 0 Å². The molecule has 1 amide bonds. The number of rotatable bonds is 9. The second-order valence-corrected chi connectivity index (χ2v) is 7.76. The Morgan fingerprint density at radius 3 is 2.26 bits per heavy atom. The summed E-state index contributed by atoms with van der Waals surface area (Å²) in [5.41, 5.74) is 6.09. The van der Waals surface area contributed by atoms with E-state index in [2.05, 4.69) is 10.4 Å². The van der Waals surface area contributed by atoms with Gasteiger partial charge in [0.2, 0.25) is 0 Å². The molecule has 0 saturated heterocycles. The summed E-state index contributed by atoms with van der Waals surface area (Å²) in [6.07, 6.45) is 3.66. The van der Waals surface area contributed by atoms with Crippen LogP contribution in [0.25, 0.3) is 11.1 Å². The molecule has 0 bridgehead atoms. The van der Waals surface area contributed by atoms with Crippen LogP contribution in [0.1, 0.15) is 36.2 Å². The number of pyridine rings is 1. The van der Waals surface area contributed by atoms with Gasteiger partial charge in [-0.3, -0.25) is 14.8 Å². The SMILES string of the molecule is CC(C)C[C@@H](C(=O)O)N(NCc1ccncc1)C(=O)c1ccccc1-c1ccccc1. The van der Waals surface area contributed by atoms with Crippen LogP contribution in [0.15, 0.2) is 79.1 Å². The molecular formula is C25H27N3O3. The molecule has 2 aromatic carbocycles. The molecule has 3 rings (SSSR count). The summed E-state index contributed by atoms with van der Waals surface area (Å²) < 4.78 is 0. The minimum Gasteiger partial charge on any atom is -0.480 e. The molecule has 0 unspecified atom stereocenters. The third-order valence-electron chi connectivity index (χ3n) is 4.96. The maximum Gasteiger partial charge on any atom is 0.328 e. The number of nitrogens with zero attached hydrogens (tertiary/aromatic N) is 2. The summed E-state index contributed by atoms with van der Waals surface area (Å²) in [7, 11) is 0. The molecule has 1 heterocycles. The number of carbonyl (C=O) groups excluding carboxylic acids is 1. The number of hydrazine groups is 1. The van der Waals surface area contributed by atoms with Gasteiger partial charge >= 0.3 is 5.97 Å². The van der Waals surface area contributed by atoms with E-state index in [1.165, 1.54) is 5.01 Å². The standard InChI is InChI=1S/C25H27N3O3/c1-18(2)16-23(25(30)31)28(27-17-19-12-14-26-15-13-19)24(29)22-11-7-6-10-21(22)20-8-4-3-5-9-20/h3-15,18,23,27H,16-17H2,1-2H3,(H,30,31)/t23-/m0/s1. The monoisotopic (exact) mass is 417 g/mol. The fourth-order valence-electron chi connectivity index (χ4n) is 3.43. The molecule has 0 saturated carbocycles. The fraction of sp³-hybridized carbons (Fsp3) is 0.240. The molecule has 2 N–H and O–H groups in total. The Balaban J connectivity index is 1.98. The van der Waals surface area contributed by atoms with E-state index in [-0.39, 0.29) is 11.8 Å². The fourth-order valence-corrected chi connectivity index (χ4v) is 3.43. The number of hydrogen-bond donors (Lipinski definition) is 2. The van der Waals surface area contributed by atoms with Crippen LogP contribution in [-0.4, -0.2) is 33.0 Å². The van der Waals surface area contributed by atoms with Crippen molar-refractivity contribution in [2.24, 2.45) is 5.92 Å². The first-order chi connectivity index (χ1) is 15.0. The average molecular weight is 418 g/mol. The number of hydrogen-bond acceptors (Lipinski definition) is 4. The van der Waals surface area contributed by atoms with E-state index in [0.717, 1.165) is 16.7 Å². The highest BCUT2D eigenvalue weighted by molar-refractivity contribution is 6.02. The normalized spacial score (nSPS) is 11.8. The number of aromatic nitrogens is 1. The van der Waals surface area contributed by atoms with Gasteiger partial charge in [-0.1, -0.05) is 62.4 Å². The van der Waals surface area contributed by atoms with E-state index >= 15 is 0 Å². The lowest BCUT2D eigenvalue weighted by Crippen LogP contribution is -2.53. The minimum absolute atomic E-state index is 0.100. The van der Waals surface area contributed by atoms with Gasteiger partial charge in [-0.2, -0.15) is 0 Å². The van der Waals surface area contributed by atoms with E-state index < -0.39 is 12.0 Å². The summed E-state index contributed by atoms with van der Waals surface area (Å²) in [6.45, 7) is 4.20. The third kappa shape index (κ3) is 5.77. The zero-order valence-corrected chi connectivity index (χ0v) is 17.7. The van der Waals surface area contributed by atoms with Crippen LogP contribution >= 0.6 is 0 Å². The predicted molar refractivity (Wildman–Crippen MR) is 120 cm³/mol. The van der Waals surface area contributed by atoms with Crippen LogP contribution in [0.4, 0.5) is 0 Å². The van der Waals surface area contributed by atoms with Crippen molar-refractivity contribution >= 4 is 11.9 Å². The van der Waals surface area contributed by atoms with Crippen molar-refractivity contribution in [3.8, 4) is 11.1 Å². The van der Waals surface area contributed by atoms with Gasteiger partial charge in [0.05, 0.1) is 0 Å². The molecule has 0 radical (unpaired) electrons. The lowest BCUT2D eigenvalue weighted by Gasteiger charge is -2.31. The lowest BCUT2D eigenvalue weighted by atomic mass is 9.97. The maximum absolute atomic E-state index is 13.7.